The number of aromatic nitrogens is 1. The lowest BCUT2D eigenvalue weighted by Gasteiger charge is -2.14. The normalized spacial score (nSPS) is 18.0. The van der Waals surface area contributed by atoms with Crippen LogP contribution in [0.4, 0.5) is 0 Å². The summed E-state index contributed by atoms with van der Waals surface area (Å²) in [5, 5.41) is 4.62. The van der Waals surface area contributed by atoms with Crippen LogP contribution in [0.25, 0.3) is 9.88 Å². The maximum atomic E-state index is 12.4. The molecule has 0 spiro atoms. The number of nitrogens with zero attached hydrogens (tertiary/aromatic N) is 2. The molecule has 3 heterocycles. The van der Waals surface area contributed by atoms with Gasteiger partial charge in [-0.2, -0.15) is 0 Å². The molecule has 1 atom stereocenters. The second-order valence-corrected chi connectivity index (χ2v) is 6.58. The molecule has 0 bridgehead atoms. The first-order valence-corrected chi connectivity index (χ1v) is 8.31. The monoisotopic (exact) mass is 322 g/mol. The first-order chi connectivity index (χ1) is 10.2. The fourth-order valence-electron chi connectivity index (χ4n) is 2.35. The summed E-state index contributed by atoms with van der Waals surface area (Å²) in [5.74, 6) is -0.572. The molecule has 2 aromatic heterocycles. The minimum absolute atomic E-state index is 0.111. The zero-order valence-corrected chi connectivity index (χ0v) is 13.1. The summed E-state index contributed by atoms with van der Waals surface area (Å²) in [6.45, 7) is 0.988. The van der Waals surface area contributed by atoms with Crippen LogP contribution >= 0.6 is 22.7 Å². The smallest absolute Gasteiger partial charge is 0.310 e. The Labute approximate surface area is 130 Å². The Morgan fingerprint density at radius 1 is 1.43 bits per heavy atom. The van der Waals surface area contributed by atoms with Gasteiger partial charge in [-0.1, -0.05) is 6.07 Å². The number of thiazole rings is 1. The van der Waals surface area contributed by atoms with Crippen molar-refractivity contribution in [2.24, 2.45) is 5.92 Å². The number of amides is 1. The van der Waals surface area contributed by atoms with Gasteiger partial charge in [0.05, 0.1) is 17.9 Å². The second kappa shape index (κ2) is 5.95. The molecule has 1 amide bonds. The summed E-state index contributed by atoms with van der Waals surface area (Å²) in [6, 6.07) is 3.95. The number of rotatable bonds is 3. The van der Waals surface area contributed by atoms with E-state index in [4.69, 9.17) is 4.74 Å². The topological polar surface area (TPSA) is 59.5 Å². The van der Waals surface area contributed by atoms with E-state index in [1.807, 2.05) is 17.5 Å². The molecular weight excluding hydrogens is 308 g/mol. The van der Waals surface area contributed by atoms with Gasteiger partial charge in [-0.25, -0.2) is 4.98 Å². The average molecular weight is 322 g/mol. The fraction of sp³-hybridized carbons (Fsp3) is 0.357. The van der Waals surface area contributed by atoms with Gasteiger partial charge in [-0.15, -0.1) is 22.7 Å². The van der Waals surface area contributed by atoms with E-state index in [1.165, 1.54) is 18.4 Å². The van der Waals surface area contributed by atoms with E-state index in [0.717, 1.165) is 9.88 Å². The predicted octanol–water partition coefficient (Wildman–Crippen LogP) is 2.51. The van der Waals surface area contributed by atoms with E-state index >= 15 is 0 Å². The Bertz CT molecular complexity index is 651. The maximum absolute atomic E-state index is 12.4. The van der Waals surface area contributed by atoms with Crippen LogP contribution in [0.5, 0.6) is 0 Å². The van der Waals surface area contributed by atoms with Crippen molar-refractivity contribution in [3.8, 4) is 9.88 Å². The molecule has 1 fully saturated rings. The van der Waals surface area contributed by atoms with E-state index in [2.05, 4.69) is 4.98 Å². The highest BCUT2D eigenvalue weighted by Crippen LogP contribution is 2.29. The van der Waals surface area contributed by atoms with Crippen molar-refractivity contribution in [1.29, 1.82) is 0 Å². The summed E-state index contributed by atoms with van der Waals surface area (Å²) in [6.07, 6.45) is 0.653. The SMILES string of the molecule is COC(=O)C1CCN(C(=O)c2csc(-c3cccs3)n2)C1. The third kappa shape index (κ3) is 2.84. The van der Waals surface area contributed by atoms with Crippen LogP contribution in [0.15, 0.2) is 22.9 Å². The third-order valence-electron chi connectivity index (χ3n) is 3.47. The zero-order chi connectivity index (χ0) is 14.8. The van der Waals surface area contributed by atoms with Gasteiger partial charge in [-0.3, -0.25) is 9.59 Å². The lowest BCUT2D eigenvalue weighted by atomic mass is 10.1. The second-order valence-electron chi connectivity index (χ2n) is 4.78. The molecule has 0 saturated carbocycles. The Kier molecular flexibility index (Phi) is 4.03. The summed E-state index contributed by atoms with van der Waals surface area (Å²) >= 11 is 3.07. The molecular formula is C14H14N2O3S2. The molecule has 5 nitrogen and oxygen atoms in total. The van der Waals surface area contributed by atoms with Crippen LogP contribution in [0, 0.1) is 5.92 Å². The first-order valence-electron chi connectivity index (χ1n) is 6.55. The number of ether oxygens (including phenoxy) is 1. The van der Waals surface area contributed by atoms with Crippen molar-refractivity contribution >= 4 is 34.6 Å². The highest BCUT2D eigenvalue weighted by Gasteiger charge is 2.32. The lowest BCUT2D eigenvalue weighted by molar-refractivity contribution is -0.144. The molecule has 1 aliphatic rings. The molecule has 0 radical (unpaired) electrons. The highest BCUT2D eigenvalue weighted by atomic mass is 32.1. The maximum Gasteiger partial charge on any atom is 0.310 e. The molecule has 3 rings (SSSR count). The Morgan fingerprint density at radius 2 is 2.29 bits per heavy atom. The van der Waals surface area contributed by atoms with E-state index in [9.17, 15) is 9.59 Å². The minimum atomic E-state index is -0.247. The Balaban J connectivity index is 1.70. The predicted molar refractivity (Wildman–Crippen MR) is 81.5 cm³/mol. The van der Waals surface area contributed by atoms with E-state index in [-0.39, 0.29) is 17.8 Å². The molecule has 0 aromatic carbocycles. The molecule has 110 valence electrons. The van der Waals surface area contributed by atoms with Gasteiger partial charge in [-0.05, 0) is 17.9 Å². The van der Waals surface area contributed by atoms with Crippen molar-refractivity contribution in [1.82, 2.24) is 9.88 Å². The van der Waals surface area contributed by atoms with Gasteiger partial charge in [0, 0.05) is 18.5 Å². The van der Waals surface area contributed by atoms with Crippen LogP contribution in [0.3, 0.4) is 0 Å². The minimum Gasteiger partial charge on any atom is -0.469 e. The van der Waals surface area contributed by atoms with Crippen LogP contribution < -0.4 is 0 Å². The fourth-order valence-corrected chi connectivity index (χ4v) is 3.96. The van der Waals surface area contributed by atoms with Crippen LogP contribution in [0.1, 0.15) is 16.9 Å². The van der Waals surface area contributed by atoms with Crippen molar-refractivity contribution < 1.29 is 14.3 Å². The van der Waals surface area contributed by atoms with Gasteiger partial charge in [0.1, 0.15) is 10.7 Å². The summed E-state index contributed by atoms with van der Waals surface area (Å²) in [5.41, 5.74) is 0.453. The van der Waals surface area contributed by atoms with E-state index in [0.29, 0.717) is 25.2 Å². The lowest BCUT2D eigenvalue weighted by Crippen LogP contribution is -2.30. The summed E-state index contributed by atoms with van der Waals surface area (Å²) in [7, 11) is 1.38. The number of methoxy groups -OCH3 is 1. The summed E-state index contributed by atoms with van der Waals surface area (Å²) in [4.78, 5) is 31.1. The summed E-state index contributed by atoms with van der Waals surface area (Å²) < 4.78 is 4.73. The average Bonchev–Trinajstić information content (AvgIpc) is 3.25. The molecule has 0 aliphatic carbocycles. The molecule has 7 heteroatoms. The number of hydrogen-bond acceptors (Lipinski definition) is 6. The van der Waals surface area contributed by atoms with Gasteiger partial charge in [0.15, 0.2) is 0 Å². The number of likely N-dealkylation sites (tertiary alicyclic amines) is 1. The number of thiophene rings is 1. The van der Waals surface area contributed by atoms with Crippen LogP contribution in [0.2, 0.25) is 0 Å². The molecule has 1 saturated heterocycles. The molecule has 1 aliphatic heterocycles. The third-order valence-corrected chi connectivity index (χ3v) is 5.35. The van der Waals surface area contributed by atoms with Crippen molar-refractivity contribution in [3.05, 3.63) is 28.6 Å². The Morgan fingerprint density at radius 3 is 3.00 bits per heavy atom. The van der Waals surface area contributed by atoms with Gasteiger partial charge in [0.25, 0.3) is 5.91 Å². The molecule has 2 aromatic rings. The van der Waals surface area contributed by atoms with Crippen LogP contribution in [-0.4, -0.2) is 42.0 Å². The highest BCUT2D eigenvalue weighted by molar-refractivity contribution is 7.20. The van der Waals surface area contributed by atoms with E-state index in [1.54, 1.807) is 21.6 Å². The van der Waals surface area contributed by atoms with Gasteiger partial charge in [0.2, 0.25) is 0 Å². The van der Waals surface area contributed by atoms with Gasteiger partial charge < -0.3 is 9.64 Å². The molecule has 21 heavy (non-hydrogen) atoms. The number of esters is 1. The van der Waals surface area contributed by atoms with Gasteiger partial charge >= 0.3 is 5.97 Å². The number of carbonyl (C=O) groups is 2. The largest absolute Gasteiger partial charge is 0.469 e. The van der Waals surface area contributed by atoms with Crippen LogP contribution in [-0.2, 0) is 9.53 Å². The van der Waals surface area contributed by atoms with Crippen molar-refractivity contribution in [2.75, 3.05) is 20.2 Å². The van der Waals surface area contributed by atoms with Crippen molar-refractivity contribution in [3.63, 3.8) is 0 Å². The number of hydrogen-bond donors (Lipinski definition) is 0. The first kappa shape index (κ1) is 14.2. The zero-order valence-electron chi connectivity index (χ0n) is 11.4. The van der Waals surface area contributed by atoms with Crippen molar-refractivity contribution in [2.45, 2.75) is 6.42 Å². The molecule has 1 unspecified atom stereocenters. The Hall–Kier alpha value is -1.73. The van der Waals surface area contributed by atoms with E-state index < -0.39 is 0 Å². The standard InChI is InChI=1S/C14H14N2O3S2/c1-19-14(18)9-4-5-16(7-9)13(17)10-8-21-12(15-10)11-3-2-6-20-11/h2-3,6,8-9H,4-5,7H2,1H3. The number of carbonyl (C=O) groups excluding carboxylic acids is 2. The molecule has 0 N–H and O–H groups in total. The quantitative estimate of drug-likeness (QED) is 0.815.